The van der Waals surface area contributed by atoms with Crippen molar-refractivity contribution in [2.24, 2.45) is 0 Å². The molecule has 0 N–H and O–H groups in total. The third-order valence-electron chi connectivity index (χ3n) is 8.32. The van der Waals surface area contributed by atoms with Crippen LogP contribution in [0.1, 0.15) is 154 Å². The van der Waals surface area contributed by atoms with E-state index in [1.54, 1.807) is 0 Å². The van der Waals surface area contributed by atoms with Gasteiger partial charge in [-0.05, 0) is 0 Å². The van der Waals surface area contributed by atoms with E-state index in [1.807, 2.05) is 0 Å². The van der Waals surface area contributed by atoms with E-state index < -0.39 is 18.7 Å². The van der Waals surface area contributed by atoms with E-state index in [1.165, 1.54) is 103 Å². The van der Waals surface area contributed by atoms with E-state index in [9.17, 15) is 0 Å². The Labute approximate surface area is 209 Å². The number of rotatable bonds is 8. The molecule has 4 nitrogen and oxygen atoms in total. The van der Waals surface area contributed by atoms with Gasteiger partial charge in [-0.25, -0.2) is 0 Å². The van der Waals surface area contributed by atoms with Crippen LogP contribution < -0.4 is 0 Å². The second-order valence-corrected chi connectivity index (χ2v) is 17.6. The summed E-state index contributed by atoms with van der Waals surface area (Å²) in [6, 6.07) is 0. The van der Waals surface area contributed by atoms with Gasteiger partial charge in [-0.3, -0.25) is 0 Å². The molecule has 4 saturated carbocycles. The minimum absolute atomic E-state index is 0.285. The first kappa shape index (κ1) is 26.6. The van der Waals surface area contributed by atoms with Crippen LogP contribution in [0.2, 0.25) is 0 Å². The molecule has 0 spiro atoms. The fourth-order valence-corrected chi connectivity index (χ4v) is 15.6. The maximum absolute atomic E-state index is 7.14. The molecule has 0 bridgehead atoms. The zero-order valence-corrected chi connectivity index (χ0v) is 24.6. The molecule has 4 rings (SSSR count). The van der Waals surface area contributed by atoms with Crippen molar-refractivity contribution >= 4 is 0 Å². The van der Waals surface area contributed by atoms with Crippen LogP contribution in [-0.4, -0.2) is 24.4 Å². The topological polar surface area (TPSA) is 36.9 Å². The summed E-state index contributed by atoms with van der Waals surface area (Å²) < 4.78 is 28.6. The summed E-state index contributed by atoms with van der Waals surface area (Å²) in [6.45, 7) is 0. The standard InChI is InChI=1S/4C7H13O.Ta/c4*8-7-5-3-1-2-4-6-7;/h4*7H,1-6H2;/q4*-1;+4. The van der Waals surface area contributed by atoms with Gasteiger partial charge >= 0.3 is 210 Å². The molecule has 0 aromatic carbocycles. The van der Waals surface area contributed by atoms with Crippen LogP contribution >= 0.6 is 0 Å². The molecule has 0 aliphatic heterocycles. The molecule has 0 amide bonds. The van der Waals surface area contributed by atoms with Crippen LogP contribution in [0.15, 0.2) is 0 Å². The fourth-order valence-electron chi connectivity index (χ4n) is 6.27. The molecule has 4 fully saturated rings. The van der Waals surface area contributed by atoms with Crippen molar-refractivity contribution in [3.8, 4) is 0 Å². The second-order valence-electron chi connectivity index (χ2n) is 11.3. The fraction of sp³-hybridized carbons (Fsp3) is 1.00. The predicted octanol–water partition coefficient (Wildman–Crippen LogP) is 8.76. The molecular weight excluding hydrogens is 581 g/mol. The van der Waals surface area contributed by atoms with Crippen LogP contribution in [0.5, 0.6) is 0 Å². The average molecular weight is 634 g/mol. The van der Waals surface area contributed by atoms with E-state index >= 15 is 0 Å². The Hall–Kier alpha value is 0.580. The summed E-state index contributed by atoms with van der Waals surface area (Å²) in [4.78, 5) is 0. The molecule has 0 saturated heterocycles. The average Bonchev–Trinajstić information content (AvgIpc) is 3.39. The van der Waals surface area contributed by atoms with Crippen molar-refractivity contribution < 1.29 is 31.7 Å². The van der Waals surface area contributed by atoms with Crippen molar-refractivity contribution in [3.63, 3.8) is 0 Å². The zero-order chi connectivity index (χ0) is 22.6. The summed E-state index contributed by atoms with van der Waals surface area (Å²) in [5, 5.41) is 0. The van der Waals surface area contributed by atoms with Gasteiger partial charge in [0.2, 0.25) is 0 Å². The van der Waals surface area contributed by atoms with Crippen LogP contribution in [0.4, 0.5) is 0 Å². The van der Waals surface area contributed by atoms with E-state index in [0.29, 0.717) is 0 Å². The third kappa shape index (κ3) is 9.52. The van der Waals surface area contributed by atoms with Gasteiger partial charge in [0.15, 0.2) is 0 Å². The molecular formula is C28H52O4Ta. The molecule has 0 heterocycles. The Morgan fingerprint density at radius 3 is 0.636 bits per heavy atom. The van der Waals surface area contributed by atoms with E-state index in [0.717, 1.165) is 51.4 Å². The monoisotopic (exact) mass is 633 g/mol. The van der Waals surface area contributed by atoms with Crippen LogP contribution in [0.25, 0.3) is 0 Å². The van der Waals surface area contributed by atoms with E-state index in [-0.39, 0.29) is 24.4 Å². The zero-order valence-electron chi connectivity index (χ0n) is 21.4. The minimum atomic E-state index is -4.30. The van der Waals surface area contributed by atoms with Crippen LogP contribution in [0, 0.1) is 0 Å². The normalized spacial score (nSPS) is 26.9. The van der Waals surface area contributed by atoms with Crippen molar-refractivity contribution in [1.82, 2.24) is 0 Å². The maximum atomic E-state index is 7.14. The van der Waals surface area contributed by atoms with Crippen LogP contribution in [-0.2, 0) is 31.7 Å². The molecule has 0 unspecified atom stereocenters. The summed E-state index contributed by atoms with van der Waals surface area (Å²) in [6.07, 6.45) is 31.5. The van der Waals surface area contributed by atoms with Crippen molar-refractivity contribution in [3.05, 3.63) is 0 Å². The first-order chi connectivity index (χ1) is 16.3. The molecule has 5 heteroatoms. The molecule has 0 atom stereocenters. The molecule has 4 aliphatic rings. The number of hydrogen-bond donors (Lipinski definition) is 0. The van der Waals surface area contributed by atoms with Gasteiger partial charge in [-0.1, -0.05) is 0 Å². The van der Waals surface area contributed by atoms with Crippen LogP contribution in [0.3, 0.4) is 0 Å². The summed E-state index contributed by atoms with van der Waals surface area (Å²) in [5.41, 5.74) is 0. The Kier molecular flexibility index (Phi) is 12.1. The number of hydrogen-bond acceptors (Lipinski definition) is 4. The van der Waals surface area contributed by atoms with Gasteiger partial charge in [0, 0.05) is 0 Å². The quantitative estimate of drug-likeness (QED) is 0.251. The Bertz CT molecular complexity index is 405. The molecule has 4 aliphatic carbocycles. The van der Waals surface area contributed by atoms with Crippen molar-refractivity contribution in [1.29, 1.82) is 0 Å². The molecule has 0 aromatic rings. The van der Waals surface area contributed by atoms with Gasteiger partial charge in [0.25, 0.3) is 0 Å². The first-order valence-electron chi connectivity index (χ1n) is 14.9. The molecule has 0 aromatic heterocycles. The predicted molar refractivity (Wildman–Crippen MR) is 130 cm³/mol. The molecule has 193 valence electrons. The SMILES string of the molecule is C1CCCC([O][Ta]([O]C2CCCCCC2)([O]C2CCCCCC2)[O]C2CCCCCC2)CC1. The van der Waals surface area contributed by atoms with Gasteiger partial charge in [0.05, 0.1) is 0 Å². The van der Waals surface area contributed by atoms with Gasteiger partial charge in [0.1, 0.15) is 0 Å². The van der Waals surface area contributed by atoms with E-state index in [2.05, 4.69) is 0 Å². The molecule has 0 radical (unpaired) electrons. The third-order valence-corrected chi connectivity index (χ3v) is 16.3. The first-order valence-corrected chi connectivity index (χ1v) is 20.2. The second kappa shape index (κ2) is 15.0. The Morgan fingerprint density at radius 2 is 0.455 bits per heavy atom. The summed E-state index contributed by atoms with van der Waals surface area (Å²) in [7, 11) is 0. The van der Waals surface area contributed by atoms with Gasteiger partial charge < -0.3 is 0 Å². The van der Waals surface area contributed by atoms with Crippen molar-refractivity contribution in [2.45, 2.75) is 179 Å². The van der Waals surface area contributed by atoms with Crippen molar-refractivity contribution in [2.75, 3.05) is 0 Å². The van der Waals surface area contributed by atoms with Gasteiger partial charge in [-0.2, -0.15) is 0 Å². The summed E-state index contributed by atoms with van der Waals surface area (Å²) in [5.74, 6) is 0. The van der Waals surface area contributed by atoms with Gasteiger partial charge in [-0.15, -0.1) is 0 Å². The summed E-state index contributed by atoms with van der Waals surface area (Å²) >= 11 is -4.30. The Morgan fingerprint density at radius 1 is 0.273 bits per heavy atom. The van der Waals surface area contributed by atoms with E-state index in [4.69, 9.17) is 13.0 Å². The molecule has 33 heavy (non-hydrogen) atoms. The Balaban J connectivity index is 1.55.